The lowest BCUT2D eigenvalue weighted by atomic mass is 9.84. The first-order valence-electron chi connectivity index (χ1n) is 12.0. The smallest absolute Gasteiger partial charge is 0.256 e. The van der Waals surface area contributed by atoms with Crippen LogP contribution in [-0.4, -0.2) is 49.8 Å². The summed E-state index contributed by atoms with van der Waals surface area (Å²) < 4.78 is 11.8. The number of anilines is 1. The summed E-state index contributed by atoms with van der Waals surface area (Å²) in [4.78, 5) is 15.6. The zero-order valence-electron chi connectivity index (χ0n) is 20.7. The van der Waals surface area contributed by atoms with Gasteiger partial charge in [-0.15, -0.1) is 0 Å². The van der Waals surface area contributed by atoms with Gasteiger partial charge in [0.2, 0.25) is 0 Å². The van der Waals surface area contributed by atoms with Crippen LogP contribution in [0.25, 0.3) is 0 Å². The number of hydrogen-bond acceptors (Lipinski definition) is 4. The van der Waals surface area contributed by atoms with Gasteiger partial charge in [0.05, 0.1) is 0 Å². The van der Waals surface area contributed by atoms with Crippen molar-refractivity contribution in [1.29, 1.82) is 0 Å². The predicted octanol–water partition coefficient (Wildman–Crippen LogP) is 5.46. The molecule has 1 aliphatic heterocycles. The number of likely N-dealkylation sites (tertiary alicyclic amines) is 1. The molecule has 0 bridgehead atoms. The molecule has 5 nitrogen and oxygen atoms in total. The first kappa shape index (κ1) is 25.7. The molecule has 1 aliphatic rings. The van der Waals surface area contributed by atoms with E-state index in [1.54, 1.807) is 7.11 Å². The van der Waals surface area contributed by atoms with Crippen LogP contribution in [0.5, 0.6) is 5.75 Å². The largest absolute Gasteiger partial charge is 0.492 e. The number of piperidine rings is 1. The molecule has 0 spiro atoms. The quantitative estimate of drug-likeness (QED) is 0.504. The van der Waals surface area contributed by atoms with Crippen molar-refractivity contribution >= 4 is 11.6 Å². The van der Waals surface area contributed by atoms with Crippen molar-refractivity contribution in [2.45, 2.75) is 66.4 Å². The summed E-state index contributed by atoms with van der Waals surface area (Å²) in [7, 11) is 1.64. The minimum absolute atomic E-state index is 0.0700. The second kappa shape index (κ2) is 11.9. The minimum atomic E-state index is -0.805. The van der Waals surface area contributed by atoms with Gasteiger partial charge in [-0.1, -0.05) is 41.5 Å². The standard InChI is InChI=1S/C26H44N2O3/c1-19(2)15-26(30-7,16-20(3)4)25(29)27-23-8-10-24(11-9-23)31-13-12-28-17-21(5)14-22(6)18-28/h8-11,19-22H,12-18H2,1-7H3,(H,27,29). The first-order valence-corrected chi connectivity index (χ1v) is 12.0. The van der Waals surface area contributed by atoms with Gasteiger partial charge in [0, 0.05) is 32.4 Å². The second-order valence-electron chi connectivity index (χ2n) is 10.4. The van der Waals surface area contributed by atoms with E-state index in [9.17, 15) is 4.79 Å². The van der Waals surface area contributed by atoms with Crippen molar-refractivity contribution in [2.24, 2.45) is 23.7 Å². The van der Waals surface area contributed by atoms with E-state index in [0.717, 1.165) is 42.9 Å². The molecule has 1 saturated heterocycles. The van der Waals surface area contributed by atoms with Crippen LogP contribution in [0.3, 0.4) is 0 Å². The predicted molar refractivity (Wildman–Crippen MR) is 129 cm³/mol. The number of carbonyl (C=O) groups is 1. The summed E-state index contributed by atoms with van der Waals surface area (Å²) in [6.45, 7) is 17.1. The zero-order chi connectivity index (χ0) is 23.0. The van der Waals surface area contributed by atoms with Crippen LogP contribution in [0.1, 0.15) is 60.8 Å². The Morgan fingerprint density at radius 2 is 1.61 bits per heavy atom. The monoisotopic (exact) mass is 432 g/mol. The van der Waals surface area contributed by atoms with Gasteiger partial charge in [-0.3, -0.25) is 9.69 Å². The molecule has 2 unspecified atom stereocenters. The Bertz CT molecular complexity index is 652. The van der Waals surface area contributed by atoms with Gasteiger partial charge >= 0.3 is 0 Å². The van der Waals surface area contributed by atoms with E-state index in [-0.39, 0.29) is 5.91 Å². The number of hydrogen-bond donors (Lipinski definition) is 1. The van der Waals surface area contributed by atoms with Crippen molar-refractivity contribution in [1.82, 2.24) is 4.90 Å². The normalized spacial score (nSPS) is 20.3. The number of nitrogens with one attached hydrogen (secondary N) is 1. The van der Waals surface area contributed by atoms with E-state index >= 15 is 0 Å². The number of amides is 1. The molecule has 0 aliphatic carbocycles. The maximum Gasteiger partial charge on any atom is 0.256 e. The van der Waals surface area contributed by atoms with Crippen LogP contribution < -0.4 is 10.1 Å². The topological polar surface area (TPSA) is 50.8 Å². The third-order valence-corrected chi connectivity index (χ3v) is 6.01. The van der Waals surface area contributed by atoms with Crippen LogP contribution in [-0.2, 0) is 9.53 Å². The van der Waals surface area contributed by atoms with Crippen molar-refractivity contribution in [3.63, 3.8) is 0 Å². The maximum atomic E-state index is 13.1. The molecule has 5 heteroatoms. The number of rotatable bonds is 11. The molecule has 0 saturated carbocycles. The van der Waals surface area contributed by atoms with Crippen LogP contribution in [0.15, 0.2) is 24.3 Å². The Kier molecular flexibility index (Phi) is 9.83. The zero-order valence-corrected chi connectivity index (χ0v) is 20.7. The van der Waals surface area contributed by atoms with Gasteiger partial charge in [0.25, 0.3) is 5.91 Å². The van der Waals surface area contributed by atoms with E-state index in [2.05, 4.69) is 51.8 Å². The maximum absolute atomic E-state index is 13.1. The van der Waals surface area contributed by atoms with Gasteiger partial charge in [0.1, 0.15) is 18.0 Å². The summed E-state index contributed by atoms with van der Waals surface area (Å²) in [5.74, 6) is 3.02. The molecule has 2 rings (SSSR count). The molecular formula is C26H44N2O3. The SMILES string of the molecule is COC(CC(C)C)(CC(C)C)C(=O)Nc1ccc(OCCN2CC(C)CC(C)C2)cc1. The lowest BCUT2D eigenvalue weighted by Gasteiger charge is -2.34. The summed E-state index contributed by atoms with van der Waals surface area (Å²) >= 11 is 0. The number of carbonyl (C=O) groups excluding carboxylic acids is 1. The summed E-state index contributed by atoms with van der Waals surface area (Å²) in [5.41, 5.74) is -0.0368. The number of benzene rings is 1. The van der Waals surface area contributed by atoms with E-state index in [0.29, 0.717) is 31.3 Å². The first-order chi connectivity index (χ1) is 14.6. The van der Waals surface area contributed by atoms with Crippen molar-refractivity contribution in [3.05, 3.63) is 24.3 Å². The molecule has 0 radical (unpaired) electrons. The molecular weight excluding hydrogens is 388 g/mol. The Hall–Kier alpha value is -1.59. The lowest BCUT2D eigenvalue weighted by Crippen LogP contribution is -2.46. The fraction of sp³-hybridized carbons (Fsp3) is 0.731. The molecule has 1 N–H and O–H groups in total. The highest BCUT2D eigenvalue weighted by atomic mass is 16.5. The fourth-order valence-electron chi connectivity index (χ4n) is 4.99. The second-order valence-corrected chi connectivity index (χ2v) is 10.4. The Labute approximate surface area is 189 Å². The molecule has 31 heavy (non-hydrogen) atoms. The highest BCUT2D eigenvalue weighted by Gasteiger charge is 2.39. The Morgan fingerprint density at radius 3 is 2.10 bits per heavy atom. The highest BCUT2D eigenvalue weighted by molar-refractivity contribution is 5.97. The van der Waals surface area contributed by atoms with Crippen LogP contribution >= 0.6 is 0 Å². The van der Waals surface area contributed by atoms with Gasteiger partial charge in [0.15, 0.2) is 0 Å². The van der Waals surface area contributed by atoms with Gasteiger partial charge < -0.3 is 14.8 Å². The van der Waals surface area contributed by atoms with E-state index < -0.39 is 5.60 Å². The van der Waals surface area contributed by atoms with Crippen molar-refractivity contribution < 1.29 is 14.3 Å². The summed E-state index contributed by atoms with van der Waals surface area (Å²) in [6, 6.07) is 7.67. The van der Waals surface area contributed by atoms with Crippen LogP contribution in [0.4, 0.5) is 5.69 Å². The third-order valence-electron chi connectivity index (χ3n) is 6.01. The summed E-state index contributed by atoms with van der Waals surface area (Å²) in [6.07, 6.45) is 2.72. The van der Waals surface area contributed by atoms with E-state index in [1.807, 2.05) is 24.3 Å². The lowest BCUT2D eigenvalue weighted by molar-refractivity contribution is -0.142. The molecule has 1 aromatic carbocycles. The average molecular weight is 433 g/mol. The van der Waals surface area contributed by atoms with Crippen molar-refractivity contribution in [3.8, 4) is 5.75 Å². The average Bonchev–Trinajstić information content (AvgIpc) is 2.67. The number of methoxy groups -OCH3 is 1. The summed E-state index contributed by atoms with van der Waals surface area (Å²) in [5, 5.41) is 3.06. The molecule has 1 heterocycles. The fourth-order valence-corrected chi connectivity index (χ4v) is 4.99. The Balaban J connectivity index is 1.90. The van der Waals surface area contributed by atoms with Crippen molar-refractivity contribution in [2.75, 3.05) is 38.7 Å². The van der Waals surface area contributed by atoms with E-state index in [4.69, 9.17) is 9.47 Å². The van der Waals surface area contributed by atoms with Gasteiger partial charge in [-0.2, -0.15) is 0 Å². The third kappa shape index (κ3) is 8.12. The van der Waals surface area contributed by atoms with Gasteiger partial charge in [-0.05, 0) is 67.2 Å². The molecule has 1 fully saturated rings. The molecule has 1 amide bonds. The molecule has 1 aromatic rings. The van der Waals surface area contributed by atoms with Crippen LogP contribution in [0.2, 0.25) is 0 Å². The molecule has 2 atom stereocenters. The van der Waals surface area contributed by atoms with Gasteiger partial charge in [-0.25, -0.2) is 0 Å². The highest BCUT2D eigenvalue weighted by Crippen LogP contribution is 2.30. The molecule has 176 valence electrons. The molecule has 0 aromatic heterocycles. The number of ether oxygens (including phenoxy) is 2. The number of nitrogens with zero attached hydrogens (tertiary/aromatic N) is 1. The van der Waals surface area contributed by atoms with E-state index in [1.165, 1.54) is 6.42 Å². The Morgan fingerprint density at radius 1 is 1.06 bits per heavy atom. The minimum Gasteiger partial charge on any atom is -0.492 e. The van der Waals surface area contributed by atoms with Crippen LogP contribution in [0, 0.1) is 23.7 Å².